The van der Waals surface area contributed by atoms with Crippen molar-refractivity contribution in [2.45, 2.75) is 25.2 Å². The summed E-state index contributed by atoms with van der Waals surface area (Å²) in [7, 11) is 0. The van der Waals surface area contributed by atoms with Crippen LogP contribution in [0.4, 0.5) is 0 Å². The van der Waals surface area contributed by atoms with Crippen LogP contribution in [-0.2, 0) is 6.42 Å². The van der Waals surface area contributed by atoms with E-state index < -0.39 is 0 Å². The van der Waals surface area contributed by atoms with Crippen LogP contribution in [0.5, 0.6) is 0 Å². The van der Waals surface area contributed by atoms with Crippen LogP contribution in [0.15, 0.2) is 54.6 Å². The lowest BCUT2D eigenvalue weighted by Crippen LogP contribution is -2.46. The topological polar surface area (TPSA) is 38.0 Å². The molecular formula is C20H25ClN2. The fraction of sp³-hybridized carbons (Fsp3) is 0.400. The van der Waals surface area contributed by atoms with E-state index in [4.69, 9.17) is 17.3 Å². The second-order valence-electron chi connectivity index (χ2n) is 6.62. The Bertz CT molecular complexity index is 607. The first-order valence-electron chi connectivity index (χ1n) is 8.44. The number of hydrogen-bond donors (Lipinski definition) is 2. The van der Waals surface area contributed by atoms with Crippen molar-refractivity contribution in [2.24, 2.45) is 11.1 Å². The van der Waals surface area contributed by atoms with Crippen molar-refractivity contribution in [3.8, 4) is 0 Å². The smallest absolute Gasteiger partial charge is 0.0406 e. The van der Waals surface area contributed by atoms with Gasteiger partial charge in [-0.1, -0.05) is 54.1 Å². The molecule has 0 unspecified atom stereocenters. The van der Waals surface area contributed by atoms with Gasteiger partial charge in [-0.25, -0.2) is 0 Å². The summed E-state index contributed by atoms with van der Waals surface area (Å²) in [4.78, 5) is 0. The van der Waals surface area contributed by atoms with Crippen LogP contribution in [0.25, 0.3) is 0 Å². The molecule has 0 amide bonds. The Balaban J connectivity index is 1.94. The number of piperidine rings is 1. The van der Waals surface area contributed by atoms with Crippen molar-refractivity contribution >= 4 is 11.6 Å². The van der Waals surface area contributed by atoms with E-state index in [0.29, 0.717) is 5.92 Å². The van der Waals surface area contributed by atoms with Crippen molar-refractivity contribution in [1.29, 1.82) is 0 Å². The normalized spacial score (nSPS) is 24.5. The van der Waals surface area contributed by atoms with Crippen LogP contribution in [0.2, 0.25) is 5.02 Å². The molecule has 2 atom stereocenters. The SMILES string of the molecule is NCC[C@@]1(Cc2ccccc2)CCNC[C@@H]1c1ccc(Cl)cc1. The lowest BCUT2D eigenvalue weighted by atomic mass is 9.63. The number of rotatable bonds is 5. The monoisotopic (exact) mass is 328 g/mol. The Morgan fingerprint density at radius 1 is 1.09 bits per heavy atom. The Morgan fingerprint density at radius 3 is 2.52 bits per heavy atom. The molecule has 0 aliphatic carbocycles. The highest BCUT2D eigenvalue weighted by molar-refractivity contribution is 6.30. The predicted molar refractivity (Wildman–Crippen MR) is 97.9 cm³/mol. The maximum absolute atomic E-state index is 6.08. The van der Waals surface area contributed by atoms with Crippen molar-refractivity contribution in [1.82, 2.24) is 5.32 Å². The summed E-state index contributed by atoms with van der Waals surface area (Å²) in [5.74, 6) is 0.470. The summed E-state index contributed by atoms with van der Waals surface area (Å²) in [5, 5.41) is 4.37. The number of halogens is 1. The molecular weight excluding hydrogens is 304 g/mol. The standard InChI is InChI=1S/C20H25ClN2/c21-18-8-6-17(7-9-18)19-15-23-13-11-20(19,10-12-22)14-16-4-2-1-3-5-16/h1-9,19,23H,10-15,22H2/t19-,20+/m1/s1. The van der Waals surface area contributed by atoms with Gasteiger partial charge in [-0.2, -0.15) is 0 Å². The predicted octanol–water partition coefficient (Wildman–Crippen LogP) is 3.99. The lowest BCUT2D eigenvalue weighted by molar-refractivity contribution is 0.149. The van der Waals surface area contributed by atoms with Gasteiger partial charge in [0.25, 0.3) is 0 Å². The van der Waals surface area contributed by atoms with Gasteiger partial charge in [0.15, 0.2) is 0 Å². The van der Waals surface area contributed by atoms with E-state index in [-0.39, 0.29) is 5.41 Å². The van der Waals surface area contributed by atoms with Gasteiger partial charge < -0.3 is 11.1 Å². The van der Waals surface area contributed by atoms with Crippen LogP contribution in [0.3, 0.4) is 0 Å². The average Bonchev–Trinajstić information content (AvgIpc) is 2.57. The minimum atomic E-state index is 0.217. The third kappa shape index (κ3) is 3.77. The highest BCUT2D eigenvalue weighted by Gasteiger charge is 2.40. The van der Waals surface area contributed by atoms with Crippen molar-refractivity contribution in [2.75, 3.05) is 19.6 Å². The summed E-state index contributed by atoms with van der Waals surface area (Å²) in [5.41, 5.74) is 9.01. The quantitative estimate of drug-likeness (QED) is 0.870. The largest absolute Gasteiger partial charge is 0.330 e. The van der Waals surface area contributed by atoms with Crippen molar-refractivity contribution in [3.05, 3.63) is 70.7 Å². The van der Waals surface area contributed by atoms with Gasteiger partial charge in [0.1, 0.15) is 0 Å². The van der Waals surface area contributed by atoms with Gasteiger partial charge in [-0.15, -0.1) is 0 Å². The fourth-order valence-electron chi connectivity index (χ4n) is 4.03. The highest BCUT2D eigenvalue weighted by Crippen LogP contribution is 2.46. The molecule has 3 rings (SSSR count). The van der Waals surface area contributed by atoms with Gasteiger partial charge in [0.05, 0.1) is 0 Å². The zero-order valence-corrected chi connectivity index (χ0v) is 14.2. The van der Waals surface area contributed by atoms with Gasteiger partial charge in [0, 0.05) is 17.5 Å². The van der Waals surface area contributed by atoms with E-state index in [9.17, 15) is 0 Å². The lowest BCUT2D eigenvalue weighted by Gasteiger charge is -2.45. The number of nitrogens with one attached hydrogen (secondary N) is 1. The second kappa shape index (κ2) is 7.48. The van der Waals surface area contributed by atoms with E-state index in [0.717, 1.165) is 43.9 Å². The summed E-state index contributed by atoms with van der Waals surface area (Å²) >= 11 is 6.08. The zero-order chi connectivity index (χ0) is 16.1. The van der Waals surface area contributed by atoms with E-state index in [1.807, 2.05) is 12.1 Å². The maximum Gasteiger partial charge on any atom is 0.0406 e. The Labute approximate surface area is 144 Å². The first-order valence-corrected chi connectivity index (χ1v) is 8.81. The van der Waals surface area contributed by atoms with E-state index in [1.54, 1.807) is 0 Å². The molecule has 3 N–H and O–H groups in total. The van der Waals surface area contributed by atoms with E-state index in [1.165, 1.54) is 11.1 Å². The maximum atomic E-state index is 6.08. The summed E-state index contributed by atoms with van der Waals surface area (Å²) in [6, 6.07) is 19.2. The molecule has 2 nitrogen and oxygen atoms in total. The fourth-order valence-corrected chi connectivity index (χ4v) is 4.16. The molecule has 1 heterocycles. The summed E-state index contributed by atoms with van der Waals surface area (Å²) < 4.78 is 0. The summed E-state index contributed by atoms with van der Waals surface area (Å²) in [6.45, 7) is 2.81. The first-order chi connectivity index (χ1) is 11.2. The molecule has 3 heteroatoms. The number of nitrogens with two attached hydrogens (primary N) is 1. The average molecular weight is 329 g/mol. The van der Waals surface area contributed by atoms with Gasteiger partial charge in [0.2, 0.25) is 0 Å². The van der Waals surface area contributed by atoms with Crippen LogP contribution in [0.1, 0.15) is 29.9 Å². The molecule has 2 aromatic carbocycles. The third-order valence-corrected chi connectivity index (χ3v) is 5.45. The van der Waals surface area contributed by atoms with Crippen LogP contribution in [0, 0.1) is 5.41 Å². The molecule has 0 radical (unpaired) electrons. The second-order valence-corrected chi connectivity index (χ2v) is 7.06. The van der Waals surface area contributed by atoms with Gasteiger partial charge in [-0.3, -0.25) is 0 Å². The minimum Gasteiger partial charge on any atom is -0.330 e. The molecule has 0 bridgehead atoms. The molecule has 0 aromatic heterocycles. The number of benzene rings is 2. The van der Waals surface area contributed by atoms with Gasteiger partial charge in [-0.05, 0) is 61.0 Å². The molecule has 2 aromatic rings. The molecule has 23 heavy (non-hydrogen) atoms. The van der Waals surface area contributed by atoms with Crippen molar-refractivity contribution in [3.63, 3.8) is 0 Å². The van der Waals surface area contributed by atoms with Crippen LogP contribution >= 0.6 is 11.6 Å². The summed E-state index contributed by atoms with van der Waals surface area (Å²) in [6.07, 6.45) is 3.29. The molecule has 1 saturated heterocycles. The molecule has 0 spiro atoms. The molecule has 1 fully saturated rings. The first kappa shape index (κ1) is 16.5. The van der Waals surface area contributed by atoms with Crippen LogP contribution < -0.4 is 11.1 Å². The Morgan fingerprint density at radius 2 is 1.83 bits per heavy atom. The Kier molecular flexibility index (Phi) is 5.37. The number of hydrogen-bond acceptors (Lipinski definition) is 2. The molecule has 1 aliphatic rings. The highest BCUT2D eigenvalue weighted by atomic mass is 35.5. The Hall–Kier alpha value is -1.35. The molecule has 0 saturated carbocycles. The van der Waals surface area contributed by atoms with E-state index >= 15 is 0 Å². The zero-order valence-electron chi connectivity index (χ0n) is 13.5. The van der Waals surface area contributed by atoms with Crippen molar-refractivity contribution < 1.29 is 0 Å². The minimum absolute atomic E-state index is 0.217. The molecule has 1 aliphatic heterocycles. The van der Waals surface area contributed by atoms with Crippen LogP contribution in [-0.4, -0.2) is 19.6 Å². The third-order valence-electron chi connectivity index (χ3n) is 5.20. The molecule has 122 valence electrons. The van der Waals surface area contributed by atoms with E-state index in [2.05, 4.69) is 47.8 Å². The van der Waals surface area contributed by atoms with Gasteiger partial charge >= 0.3 is 0 Å².